The smallest absolute Gasteiger partial charge is 0.0782 e. The molecule has 2 heteroatoms. The SMILES string of the molecule is c1ccc(-c2cccc3cccc(-c4ccc(N(c5ccccc5)c5cccc6c7ccc8ccccc8c7n(-c7ccccc7)c56)cc4)c23)cc1. The molecule has 0 saturated heterocycles. The first-order valence-corrected chi connectivity index (χ1v) is 17.9. The van der Waals surface area contributed by atoms with Crippen molar-refractivity contribution in [3.8, 4) is 27.9 Å². The molecule has 244 valence electrons. The number of aromatic nitrogens is 1. The number of hydrogen-bond acceptors (Lipinski definition) is 1. The summed E-state index contributed by atoms with van der Waals surface area (Å²) in [6.45, 7) is 0. The zero-order valence-corrected chi connectivity index (χ0v) is 28.5. The number of anilines is 3. The Hall–Kier alpha value is -6.90. The summed E-state index contributed by atoms with van der Waals surface area (Å²) in [5.74, 6) is 0. The molecule has 10 rings (SSSR count). The minimum absolute atomic E-state index is 1.10. The molecule has 0 N–H and O–H groups in total. The topological polar surface area (TPSA) is 8.17 Å². The third kappa shape index (κ3) is 4.88. The van der Waals surface area contributed by atoms with E-state index in [0.717, 1.165) is 22.7 Å². The van der Waals surface area contributed by atoms with Crippen LogP contribution in [0.15, 0.2) is 206 Å². The number of fused-ring (bicyclic) bond motifs is 6. The molecule has 52 heavy (non-hydrogen) atoms. The predicted molar refractivity (Wildman–Crippen MR) is 221 cm³/mol. The summed E-state index contributed by atoms with van der Waals surface area (Å²) in [6.07, 6.45) is 0. The predicted octanol–water partition coefficient (Wildman–Crippen LogP) is 13.9. The van der Waals surface area contributed by atoms with Crippen LogP contribution < -0.4 is 4.90 Å². The van der Waals surface area contributed by atoms with Gasteiger partial charge in [0.1, 0.15) is 0 Å². The summed E-state index contributed by atoms with van der Waals surface area (Å²) in [4.78, 5) is 2.41. The Bertz CT molecular complexity index is 2870. The molecule has 0 bridgehead atoms. The van der Waals surface area contributed by atoms with Gasteiger partial charge in [0, 0.05) is 33.2 Å². The minimum Gasteiger partial charge on any atom is -0.308 e. The molecular formula is C50H34N2. The third-order valence-electron chi connectivity index (χ3n) is 10.3. The van der Waals surface area contributed by atoms with Gasteiger partial charge in [-0.05, 0) is 80.9 Å². The van der Waals surface area contributed by atoms with E-state index < -0.39 is 0 Å². The molecule has 10 aromatic rings. The molecule has 0 unspecified atom stereocenters. The second kappa shape index (κ2) is 12.5. The van der Waals surface area contributed by atoms with Gasteiger partial charge in [-0.1, -0.05) is 164 Å². The van der Waals surface area contributed by atoms with Crippen molar-refractivity contribution in [1.29, 1.82) is 0 Å². The lowest BCUT2D eigenvalue weighted by Gasteiger charge is -2.27. The molecule has 0 aliphatic carbocycles. The summed E-state index contributed by atoms with van der Waals surface area (Å²) >= 11 is 0. The van der Waals surface area contributed by atoms with E-state index in [1.165, 1.54) is 65.6 Å². The molecular weight excluding hydrogens is 629 g/mol. The van der Waals surface area contributed by atoms with E-state index >= 15 is 0 Å². The van der Waals surface area contributed by atoms with Gasteiger partial charge in [-0.2, -0.15) is 0 Å². The summed E-state index contributed by atoms with van der Waals surface area (Å²) in [6, 6.07) is 74.6. The van der Waals surface area contributed by atoms with E-state index in [2.05, 4.69) is 216 Å². The fourth-order valence-electron chi connectivity index (χ4n) is 8.06. The van der Waals surface area contributed by atoms with Crippen LogP contribution in [0, 0.1) is 0 Å². The third-order valence-corrected chi connectivity index (χ3v) is 10.3. The quantitative estimate of drug-likeness (QED) is 0.172. The molecule has 1 heterocycles. The Morgan fingerprint density at radius 2 is 0.865 bits per heavy atom. The number of para-hydroxylation sites is 3. The monoisotopic (exact) mass is 662 g/mol. The van der Waals surface area contributed by atoms with E-state index in [-0.39, 0.29) is 0 Å². The molecule has 0 spiro atoms. The highest BCUT2D eigenvalue weighted by molar-refractivity contribution is 6.21. The molecule has 9 aromatic carbocycles. The van der Waals surface area contributed by atoms with Crippen molar-refractivity contribution in [2.24, 2.45) is 0 Å². The maximum absolute atomic E-state index is 2.47. The Labute approximate surface area is 303 Å². The van der Waals surface area contributed by atoms with E-state index in [9.17, 15) is 0 Å². The lowest BCUT2D eigenvalue weighted by atomic mass is 9.91. The van der Waals surface area contributed by atoms with Crippen molar-refractivity contribution in [2.45, 2.75) is 0 Å². The van der Waals surface area contributed by atoms with Gasteiger partial charge in [-0.3, -0.25) is 0 Å². The van der Waals surface area contributed by atoms with Crippen molar-refractivity contribution in [3.05, 3.63) is 206 Å². The molecule has 0 aliphatic heterocycles. The van der Waals surface area contributed by atoms with Gasteiger partial charge in [-0.15, -0.1) is 0 Å². The highest BCUT2D eigenvalue weighted by atomic mass is 15.2. The standard InChI is InChI=1S/C50H34N2/c1-4-15-35(16-5-1)42-25-12-18-38-19-13-26-43(48(38)42)37-29-32-41(33-30-37)51(39-20-6-2-7-21-39)47-28-14-27-45-46-34-31-36-17-10-11-24-44(36)49(46)52(50(45)47)40-22-8-3-9-23-40/h1-34H. The van der Waals surface area contributed by atoms with Gasteiger partial charge in [0.2, 0.25) is 0 Å². The van der Waals surface area contributed by atoms with Crippen molar-refractivity contribution in [3.63, 3.8) is 0 Å². The highest BCUT2D eigenvalue weighted by Crippen LogP contribution is 2.45. The zero-order valence-electron chi connectivity index (χ0n) is 28.5. The lowest BCUT2D eigenvalue weighted by molar-refractivity contribution is 1.17. The van der Waals surface area contributed by atoms with Gasteiger partial charge >= 0.3 is 0 Å². The average molecular weight is 663 g/mol. The average Bonchev–Trinajstić information content (AvgIpc) is 3.57. The van der Waals surface area contributed by atoms with Gasteiger partial charge in [0.15, 0.2) is 0 Å². The molecule has 2 nitrogen and oxygen atoms in total. The Morgan fingerprint density at radius 3 is 1.60 bits per heavy atom. The molecule has 0 atom stereocenters. The molecule has 1 aromatic heterocycles. The molecule has 0 fully saturated rings. The van der Waals surface area contributed by atoms with Crippen LogP contribution in [0.5, 0.6) is 0 Å². The first-order chi connectivity index (χ1) is 25.8. The Morgan fingerprint density at radius 1 is 0.327 bits per heavy atom. The van der Waals surface area contributed by atoms with Crippen molar-refractivity contribution in [2.75, 3.05) is 4.90 Å². The second-order valence-corrected chi connectivity index (χ2v) is 13.3. The van der Waals surface area contributed by atoms with Crippen molar-refractivity contribution < 1.29 is 0 Å². The van der Waals surface area contributed by atoms with Crippen LogP contribution in [-0.2, 0) is 0 Å². The first-order valence-electron chi connectivity index (χ1n) is 17.9. The van der Waals surface area contributed by atoms with Crippen LogP contribution >= 0.6 is 0 Å². The fourth-order valence-corrected chi connectivity index (χ4v) is 8.06. The van der Waals surface area contributed by atoms with E-state index in [4.69, 9.17) is 0 Å². The van der Waals surface area contributed by atoms with Gasteiger partial charge in [0.25, 0.3) is 0 Å². The normalized spacial score (nSPS) is 11.5. The zero-order chi connectivity index (χ0) is 34.4. The summed E-state index contributed by atoms with van der Waals surface area (Å²) in [5, 5.41) is 7.45. The number of benzene rings is 9. The fraction of sp³-hybridized carbons (Fsp3) is 0. The van der Waals surface area contributed by atoms with Crippen LogP contribution in [0.3, 0.4) is 0 Å². The van der Waals surface area contributed by atoms with Crippen LogP contribution in [0.2, 0.25) is 0 Å². The largest absolute Gasteiger partial charge is 0.308 e. The molecule has 0 radical (unpaired) electrons. The van der Waals surface area contributed by atoms with E-state index in [0.29, 0.717) is 0 Å². The maximum atomic E-state index is 2.47. The first kappa shape index (κ1) is 30.0. The lowest BCUT2D eigenvalue weighted by Crippen LogP contribution is -2.11. The molecule has 0 saturated carbocycles. The van der Waals surface area contributed by atoms with E-state index in [1.807, 2.05) is 0 Å². The number of hydrogen-bond donors (Lipinski definition) is 0. The Balaban J connectivity index is 1.21. The summed E-state index contributed by atoms with van der Waals surface area (Å²) in [5.41, 5.74) is 11.8. The van der Waals surface area contributed by atoms with Crippen molar-refractivity contribution in [1.82, 2.24) is 4.57 Å². The number of nitrogens with zero attached hydrogens (tertiary/aromatic N) is 2. The van der Waals surface area contributed by atoms with Crippen LogP contribution in [-0.4, -0.2) is 4.57 Å². The molecule has 0 amide bonds. The summed E-state index contributed by atoms with van der Waals surface area (Å²) < 4.78 is 2.47. The summed E-state index contributed by atoms with van der Waals surface area (Å²) in [7, 11) is 0. The van der Waals surface area contributed by atoms with E-state index in [1.54, 1.807) is 0 Å². The van der Waals surface area contributed by atoms with Gasteiger partial charge in [-0.25, -0.2) is 0 Å². The number of rotatable bonds is 6. The van der Waals surface area contributed by atoms with Gasteiger partial charge in [0.05, 0.1) is 16.7 Å². The van der Waals surface area contributed by atoms with Gasteiger partial charge < -0.3 is 9.47 Å². The minimum atomic E-state index is 1.10. The van der Waals surface area contributed by atoms with Crippen LogP contribution in [0.1, 0.15) is 0 Å². The Kier molecular flexibility index (Phi) is 7.18. The molecule has 0 aliphatic rings. The van der Waals surface area contributed by atoms with Crippen molar-refractivity contribution >= 4 is 60.4 Å². The highest BCUT2D eigenvalue weighted by Gasteiger charge is 2.22. The van der Waals surface area contributed by atoms with Crippen LogP contribution in [0.4, 0.5) is 17.1 Å². The second-order valence-electron chi connectivity index (χ2n) is 13.3. The van der Waals surface area contributed by atoms with Crippen LogP contribution in [0.25, 0.3) is 71.3 Å². The maximum Gasteiger partial charge on any atom is 0.0782 e.